The lowest BCUT2D eigenvalue weighted by molar-refractivity contribution is 0.418. The van der Waals surface area contributed by atoms with Crippen molar-refractivity contribution < 1.29 is 4.74 Å². The minimum Gasteiger partial charge on any atom is -0.494 e. The Hall–Kier alpha value is -1.78. The number of H-pyrrole nitrogens is 1. The van der Waals surface area contributed by atoms with Crippen LogP contribution in [0, 0.1) is 6.92 Å². The van der Waals surface area contributed by atoms with Gasteiger partial charge in [0.05, 0.1) is 7.11 Å². The van der Waals surface area contributed by atoms with Crippen LogP contribution < -0.4 is 10.4 Å². The number of nitrogens with zero attached hydrogens (tertiary/aromatic N) is 2. The molecule has 0 aromatic carbocycles. The van der Waals surface area contributed by atoms with Crippen LogP contribution in [0.3, 0.4) is 0 Å². The summed E-state index contributed by atoms with van der Waals surface area (Å²) in [6.07, 6.45) is 0. The van der Waals surface area contributed by atoms with E-state index in [0.29, 0.717) is 16.9 Å². The highest BCUT2D eigenvalue weighted by atomic mass is 16.5. The van der Waals surface area contributed by atoms with Crippen LogP contribution in [-0.4, -0.2) is 21.6 Å². The minimum atomic E-state index is -0.184. The van der Waals surface area contributed by atoms with Gasteiger partial charge in [0.2, 0.25) is 0 Å². The van der Waals surface area contributed by atoms with E-state index in [1.165, 1.54) is 4.57 Å². The van der Waals surface area contributed by atoms with Gasteiger partial charge in [0.15, 0.2) is 5.65 Å². The monoisotopic (exact) mass is 193 g/mol. The molecule has 2 aromatic rings. The number of hydrogen-bond acceptors (Lipinski definition) is 3. The highest BCUT2D eigenvalue weighted by molar-refractivity contribution is 5.78. The quantitative estimate of drug-likeness (QED) is 0.720. The van der Waals surface area contributed by atoms with Crippen molar-refractivity contribution in [3.63, 3.8) is 0 Å². The van der Waals surface area contributed by atoms with Gasteiger partial charge in [0.1, 0.15) is 11.3 Å². The Morgan fingerprint density at radius 1 is 1.57 bits per heavy atom. The Morgan fingerprint density at radius 3 is 2.93 bits per heavy atom. The number of pyridine rings is 1. The van der Waals surface area contributed by atoms with Crippen molar-refractivity contribution in [3.05, 3.63) is 22.2 Å². The number of fused-ring (bicyclic) bond motifs is 1. The fourth-order valence-corrected chi connectivity index (χ4v) is 1.44. The maximum Gasteiger partial charge on any atom is 0.327 e. The van der Waals surface area contributed by atoms with Gasteiger partial charge in [-0.05, 0) is 6.92 Å². The second-order valence-corrected chi connectivity index (χ2v) is 3.15. The average Bonchev–Trinajstić information content (AvgIpc) is 2.43. The third kappa shape index (κ3) is 1.09. The lowest BCUT2D eigenvalue weighted by Crippen LogP contribution is -2.12. The molecule has 0 aliphatic heterocycles. The summed E-state index contributed by atoms with van der Waals surface area (Å²) >= 11 is 0. The molecule has 2 rings (SSSR count). The lowest BCUT2D eigenvalue weighted by Gasteiger charge is -2.02. The van der Waals surface area contributed by atoms with Crippen LogP contribution in [0.15, 0.2) is 10.9 Å². The van der Waals surface area contributed by atoms with E-state index in [1.807, 2.05) is 6.92 Å². The molecule has 0 saturated carbocycles. The van der Waals surface area contributed by atoms with E-state index >= 15 is 0 Å². The number of hydrogen-bond donors (Lipinski definition) is 1. The highest BCUT2D eigenvalue weighted by Gasteiger charge is 2.10. The predicted molar refractivity (Wildman–Crippen MR) is 52.6 cm³/mol. The number of methoxy groups -OCH3 is 1. The number of nitrogens with one attached hydrogen (secondary N) is 1. The molecular weight excluding hydrogens is 182 g/mol. The number of aryl methyl sites for hydroxylation is 2. The molecule has 0 saturated heterocycles. The van der Waals surface area contributed by atoms with Crippen LogP contribution >= 0.6 is 0 Å². The Morgan fingerprint density at radius 2 is 2.29 bits per heavy atom. The second-order valence-electron chi connectivity index (χ2n) is 3.15. The summed E-state index contributed by atoms with van der Waals surface area (Å²) in [5.41, 5.74) is 1.90. The summed E-state index contributed by atoms with van der Waals surface area (Å²) in [6.45, 7) is 1.86. The summed E-state index contributed by atoms with van der Waals surface area (Å²) in [5.74, 6) is 0.644. The second kappa shape index (κ2) is 2.87. The Kier molecular flexibility index (Phi) is 1.80. The van der Waals surface area contributed by atoms with Gasteiger partial charge in [-0.2, -0.15) is 0 Å². The molecule has 0 aliphatic rings. The van der Waals surface area contributed by atoms with Crippen molar-refractivity contribution in [2.75, 3.05) is 7.11 Å². The highest BCUT2D eigenvalue weighted by Crippen LogP contribution is 2.21. The molecular formula is C9H11N3O2. The number of ether oxygens (including phenoxy) is 1. The van der Waals surface area contributed by atoms with Gasteiger partial charge in [0.25, 0.3) is 0 Å². The first kappa shape index (κ1) is 8.80. The smallest absolute Gasteiger partial charge is 0.327 e. The molecule has 0 bridgehead atoms. The molecule has 5 nitrogen and oxygen atoms in total. The molecule has 74 valence electrons. The van der Waals surface area contributed by atoms with Crippen molar-refractivity contribution in [2.45, 2.75) is 6.92 Å². The van der Waals surface area contributed by atoms with Crippen LogP contribution in [0.4, 0.5) is 0 Å². The fourth-order valence-electron chi connectivity index (χ4n) is 1.44. The topological polar surface area (TPSA) is 59.9 Å². The van der Waals surface area contributed by atoms with Gasteiger partial charge in [-0.25, -0.2) is 9.78 Å². The molecule has 0 aliphatic carbocycles. The lowest BCUT2D eigenvalue weighted by atomic mass is 10.3. The van der Waals surface area contributed by atoms with Crippen molar-refractivity contribution in [2.24, 2.45) is 7.05 Å². The van der Waals surface area contributed by atoms with Crippen molar-refractivity contribution in [1.29, 1.82) is 0 Å². The molecule has 0 atom stereocenters. The van der Waals surface area contributed by atoms with Gasteiger partial charge < -0.3 is 9.72 Å². The van der Waals surface area contributed by atoms with Crippen LogP contribution in [-0.2, 0) is 7.05 Å². The normalized spacial score (nSPS) is 10.8. The van der Waals surface area contributed by atoms with Crippen LogP contribution in [0.1, 0.15) is 5.69 Å². The van der Waals surface area contributed by atoms with Crippen LogP contribution in [0.25, 0.3) is 11.2 Å². The molecule has 2 aromatic heterocycles. The molecule has 0 amide bonds. The molecule has 0 radical (unpaired) electrons. The Balaban J connectivity index is 2.94. The summed E-state index contributed by atoms with van der Waals surface area (Å²) in [6, 6.07) is 1.79. The largest absolute Gasteiger partial charge is 0.494 e. The van der Waals surface area contributed by atoms with E-state index in [0.717, 1.165) is 5.69 Å². The molecule has 5 heteroatoms. The maximum atomic E-state index is 11.3. The van der Waals surface area contributed by atoms with Gasteiger partial charge >= 0.3 is 5.69 Å². The first-order valence-electron chi connectivity index (χ1n) is 4.24. The van der Waals surface area contributed by atoms with Crippen LogP contribution in [0.2, 0.25) is 0 Å². The molecule has 2 heterocycles. The summed E-state index contributed by atoms with van der Waals surface area (Å²) < 4.78 is 6.62. The van der Waals surface area contributed by atoms with E-state index in [1.54, 1.807) is 20.2 Å². The zero-order valence-corrected chi connectivity index (χ0v) is 8.29. The molecule has 0 unspecified atom stereocenters. The van der Waals surface area contributed by atoms with E-state index in [-0.39, 0.29) is 5.69 Å². The zero-order chi connectivity index (χ0) is 10.3. The maximum absolute atomic E-state index is 11.3. The SMILES string of the molecule is COc1cc(C)nc2c1[nH]c(=O)n2C. The van der Waals surface area contributed by atoms with Crippen molar-refractivity contribution >= 4 is 11.2 Å². The summed E-state index contributed by atoms with van der Waals surface area (Å²) in [4.78, 5) is 18.3. The number of aromatic amines is 1. The predicted octanol–water partition coefficient (Wildman–Crippen LogP) is 0.579. The third-order valence-corrected chi connectivity index (χ3v) is 2.17. The van der Waals surface area contributed by atoms with E-state index in [4.69, 9.17) is 4.74 Å². The first-order chi connectivity index (χ1) is 6.63. The van der Waals surface area contributed by atoms with Gasteiger partial charge in [-0.1, -0.05) is 0 Å². The Labute approximate surface area is 80.3 Å². The Bertz CT molecular complexity index is 539. The molecule has 0 fully saturated rings. The molecule has 0 spiro atoms. The number of imidazole rings is 1. The fraction of sp³-hybridized carbons (Fsp3) is 0.333. The van der Waals surface area contributed by atoms with E-state index in [2.05, 4.69) is 9.97 Å². The standard InChI is InChI=1S/C9H11N3O2/c1-5-4-6(14-3)7-8(10-5)12(2)9(13)11-7/h4H,1-3H3,(H,11,13). The average molecular weight is 193 g/mol. The minimum absolute atomic E-state index is 0.184. The molecule has 14 heavy (non-hydrogen) atoms. The zero-order valence-electron chi connectivity index (χ0n) is 8.29. The van der Waals surface area contributed by atoms with Gasteiger partial charge in [-0.3, -0.25) is 4.57 Å². The first-order valence-corrected chi connectivity index (χ1v) is 4.24. The number of aromatic nitrogens is 3. The van der Waals surface area contributed by atoms with Crippen LogP contribution in [0.5, 0.6) is 5.75 Å². The third-order valence-electron chi connectivity index (χ3n) is 2.17. The summed E-state index contributed by atoms with van der Waals surface area (Å²) in [7, 11) is 3.24. The molecule has 1 N–H and O–H groups in total. The van der Waals surface area contributed by atoms with Gasteiger partial charge in [-0.15, -0.1) is 0 Å². The van der Waals surface area contributed by atoms with E-state index in [9.17, 15) is 4.79 Å². The summed E-state index contributed by atoms with van der Waals surface area (Å²) in [5, 5.41) is 0. The number of rotatable bonds is 1. The van der Waals surface area contributed by atoms with Crippen molar-refractivity contribution in [1.82, 2.24) is 14.5 Å². The van der Waals surface area contributed by atoms with E-state index < -0.39 is 0 Å². The van der Waals surface area contributed by atoms with Gasteiger partial charge in [0, 0.05) is 18.8 Å². The van der Waals surface area contributed by atoms with Crippen molar-refractivity contribution in [3.8, 4) is 5.75 Å².